The molecule has 0 bridgehead atoms. The van der Waals surface area contributed by atoms with E-state index in [1.54, 1.807) is 44.0 Å². The minimum absolute atomic E-state index is 0.238. The largest absolute Gasteiger partial charge is 0.324 e. The zero-order valence-corrected chi connectivity index (χ0v) is 13.4. The molecule has 0 saturated heterocycles. The van der Waals surface area contributed by atoms with Crippen LogP contribution >= 0.6 is 0 Å². The highest BCUT2D eigenvalue weighted by molar-refractivity contribution is 5.95. The van der Waals surface area contributed by atoms with Crippen LogP contribution in [0.3, 0.4) is 0 Å². The Morgan fingerprint density at radius 2 is 1.87 bits per heavy atom. The molecule has 2 aromatic rings. The molecule has 2 aromatic carbocycles. The summed E-state index contributed by atoms with van der Waals surface area (Å²) in [6, 6.07) is 10.1. The van der Waals surface area contributed by atoms with Crippen molar-refractivity contribution in [1.82, 2.24) is 4.90 Å². The predicted octanol–water partition coefficient (Wildman–Crippen LogP) is 3.73. The van der Waals surface area contributed by atoms with Gasteiger partial charge >= 0.3 is 0 Å². The first kappa shape index (κ1) is 17.1. The number of nitrogens with one attached hydrogen (secondary N) is 1. The summed E-state index contributed by atoms with van der Waals surface area (Å²) in [7, 11) is 1.79. The Kier molecular flexibility index (Phi) is 5.45. The van der Waals surface area contributed by atoms with E-state index in [1.807, 2.05) is 0 Å². The predicted molar refractivity (Wildman–Crippen MR) is 87.1 cm³/mol. The molecule has 0 saturated carbocycles. The molecule has 0 aliphatic heterocycles. The van der Waals surface area contributed by atoms with Crippen molar-refractivity contribution in [3.05, 3.63) is 65.2 Å². The molecule has 0 aliphatic carbocycles. The number of rotatable bonds is 5. The molecule has 1 unspecified atom stereocenters. The van der Waals surface area contributed by atoms with Gasteiger partial charge in [-0.2, -0.15) is 0 Å². The summed E-state index contributed by atoms with van der Waals surface area (Å²) in [5, 5.41) is 2.73. The lowest BCUT2D eigenvalue weighted by Crippen LogP contribution is -2.39. The Hall–Kier alpha value is -2.27. The van der Waals surface area contributed by atoms with Gasteiger partial charge in [0.05, 0.1) is 6.04 Å². The van der Waals surface area contributed by atoms with Crippen molar-refractivity contribution < 1.29 is 13.6 Å². The standard InChI is InChI=1S/C18H20F2N2O/c1-12-7-8-16(20)10-17(12)21-18(23)13(2)22(3)11-14-5-4-6-15(19)9-14/h4-10,13H,11H2,1-3H3,(H,21,23). The quantitative estimate of drug-likeness (QED) is 0.911. The van der Waals surface area contributed by atoms with E-state index >= 15 is 0 Å². The summed E-state index contributed by atoms with van der Waals surface area (Å²) in [5.74, 6) is -0.937. The number of nitrogens with zero attached hydrogens (tertiary/aromatic N) is 1. The van der Waals surface area contributed by atoms with Crippen molar-refractivity contribution >= 4 is 11.6 Å². The van der Waals surface area contributed by atoms with Gasteiger partial charge in [0.25, 0.3) is 0 Å². The van der Waals surface area contributed by atoms with Crippen LogP contribution in [0, 0.1) is 18.6 Å². The molecule has 0 aromatic heterocycles. The lowest BCUT2D eigenvalue weighted by molar-refractivity contribution is -0.120. The fourth-order valence-electron chi connectivity index (χ4n) is 2.23. The second-order valence-corrected chi connectivity index (χ2v) is 5.67. The van der Waals surface area contributed by atoms with Crippen molar-refractivity contribution in [1.29, 1.82) is 0 Å². The van der Waals surface area contributed by atoms with Gasteiger partial charge in [-0.1, -0.05) is 18.2 Å². The van der Waals surface area contributed by atoms with Gasteiger partial charge in [-0.25, -0.2) is 8.78 Å². The summed E-state index contributed by atoms with van der Waals surface area (Å²) in [6.07, 6.45) is 0. The van der Waals surface area contributed by atoms with Gasteiger partial charge in [0, 0.05) is 12.2 Å². The Morgan fingerprint density at radius 3 is 2.57 bits per heavy atom. The molecular weight excluding hydrogens is 298 g/mol. The fourth-order valence-corrected chi connectivity index (χ4v) is 2.23. The molecule has 0 aliphatic rings. The number of likely N-dealkylation sites (N-methyl/N-ethyl adjacent to an activating group) is 1. The van der Waals surface area contributed by atoms with Gasteiger partial charge in [0.15, 0.2) is 0 Å². The molecule has 1 N–H and O–H groups in total. The first-order valence-electron chi connectivity index (χ1n) is 7.38. The second-order valence-electron chi connectivity index (χ2n) is 5.67. The number of amides is 1. The first-order chi connectivity index (χ1) is 10.9. The monoisotopic (exact) mass is 318 g/mol. The van der Waals surface area contributed by atoms with Crippen molar-refractivity contribution in [3.8, 4) is 0 Å². The number of aryl methyl sites for hydroxylation is 1. The number of halogens is 2. The number of benzene rings is 2. The average molecular weight is 318 g/mol. The van der Waals surface area contributed by atoms with Crippen molar-refractivity contribution in [2.45, 2.75) is 26.4 Å². The minimum Gasteiger partial charge on any atom is -0.324 e. The summed E-state index contributed by atoms with van der Waals surface area (Å²) in [6.45, 7) is 3.99. The van der Waals surface area contributed by atoms with Gasteiger partial charge < -0.3 is 5.32 Å². The van der Waals surface area contributed by atoms with Gasteiger partial charge in [0.1, 0.15) is 11.6 Å². The average Bonchev–Trinajstić information content (AvgIpc) is 2.50. The van der Waals surface area contributed by atoms with E-state index in [0.717, 1.165) is 11.1 Å². The Balaban J connectivity index is 2.02. The maximum absolute atomic E-state index is 13.3. The van der Waals surface area contributed by atoms with Crippen LogP contribution in [0.2, 0.25) is 0 Å². The van der Waals surface area contributed by atoms with Crippen LogP contribution in [-0.4, -0.2) is 23.9 Å². The molecular formula is C18H20F2N2O. The van der Waals surface area contributed by atoms with Gasteiger partial charge in [-0.3, -0.25) is 9.69 Å². The smallest absolute Gasteiger partial charge is 0.241 e. The molecule has 23 heavy (non-hydrogen) atoms. The third-order valence-electron chi connectivity index (χ3n) is 3.82. The summed E-state index contributed by atoms with van der Waals surface area (Å²) in [5.41, 5.74) is 2.04. The van der Waals surface area contributed by atoms with Gasteiger partial charge in [-0.05, 0) is 56.3 Å². The third-order valence-corrected chi connectivity index (χ3v) is 3.82. The van der Waals surface area contributed by atoms with Crippen LogP contribution in [-0.2, 0) is 11.3 Å². The molecule has 5 heteroatoms. The number of anilines is 1. The van der Waals surface area contributed by atoms with E-state index in [-0.39, 0.29) is 11.7 Å². The number of carbonyl (C=O) groups is 1. The summed E-state index contributed by atoms with van der Waals surface area (Å²) >= 11 is 0. The summed E-state index contributed by atoms with van der Waals surface area (Å²) in [4.78, 5) is 14.1. The van der Waals surface area contributed by atoms with Crippen molar-refractivity contribution in [2.75, 3.05) is 12.4 Å². The highest BCUT2D eigenvalue weighted by Crippen LogP contribution is 2.17. The Labute approximate surface area is 134 Å². The molecule has 0 radical (unpaired) electrons. The normalized spacial score (nSPS) is 12.3. The first-order valence-corrected chi connectivity index (χ1v) is 7.38. The van der Waals surface area contributed by atoms with Crippen LogP contribution in [0.15, 0.2) is 42.5 Å². The number of hydrogen-bond acceptors (Lipinski definition) is 2. The van der Waals surface area contributed by atoms with Crippen molar-refractivity contribution in [3.63, 3.8) is 0 Å². The molecule has 122 valence electrons. The van der Waals surface area contributed by atoms with Crippen LogP contribution < -0.4 is 5.32 Å². The molecule has 0 fully saturated rings. The van der Waals surface area contributed by atoms with Gasteiger partial charge in [0.2, 0.25) is 5.91 Å². The molecule has 0 spiro atoms. The van der Waals surface area contributed by atoms with Crippen molar-refractivity contribution in [2.24, 2.45) is 0 Å². The third kappa shape index (κ3) is 4.60. The zero-order chi connectivity index (χ0) is 17.0. The lowest BCUT2D eigenvalue weighted by Gasteiger charge is -2.24. The Morgan fingerprint density at radius 1 is 1.17 bits per heavy atom. The molecule has 0 heterocycles. The molecule has 3 nitrogen and oxygen atoms in total. The van der Waals surface area contributed by atoms with E-state index in [4.69, 9.17) is 0 Å². The zero-order valence-electron chi connectivity index (χ0n) is 13.4. The van der Waals surface area contributed by atoms with Crippen LogP contribution in [0.4, 0.5) is 14.5 Å². The molecule has 2 rings (SSSR count). The van der Waals surface area contributed by atoms with E-state index < -0.39 is 11.9 Å². The molecule has 1 amide bonds. The number of carbonyl (C=O) groups excluding carboxylic acids is 1. The highest BCUT2D eigenvalue weighted by Gasteiger charge is 2.19. The maximum Gasteiger partial charge on any atom is 0.241 e. The molecule has 1 atom stereocenters. The topological polar surface area (TPSA) is 32.3 Å². The number of hydrogen-bond donors (Lipinski definition) is 1. The van der Waals surface area contributed by atoms with E-state index in [1.165, 1.54) is 24.3 Å². The van der Waals surface area contributed by atoms with Crippen LogP contribution in [0.5, 0.6) is 0 Å². The van der Waals surface area contributed by atoms with Gasteiger partial charge in [-0.15, -0.1) is 0 Å². The maximum atomic E-state index is 13.3. The van der Waals surface area contributed by atoms with Crippen LogP contribution in [0.1, 0.15) is 18.1 Å². The van der Waals surface area contributed by atoms with E-state index in [2.05, 4.69) is 5.32 Å². The van der Waals surface area contributed by atoms with E-state index in [0.29, 0.717) is 12.2 Å². The lowest BCUT2D eigenvalue weighted by atomic mass is 10.1. The summed E-state index contributed by atoms with van der Waals surface area (Å²) < 4.78 is 26.5. The second kappa shape index (κ2) is 7.33. The van der Waals surface area contributed by atoms with Crippen LogP contribution in [0.25, 0.3) is 0 Å². The SMILES string of the molecule is Cc1ccc(F)cc1NC(=O)C(C)N(C)Cc1cccc(F)c1. The Bertz CT molecular complexity index is 703. The van der Waals surface area contributed by atoms with E-state index in [9.17, 15) is 13.6 Å². The fraction of sp³-hybridized carbons (Fsp3) is 0.278. The minimum atomic E-state index is -0.444. The highest BCUT2D eigenvalue weighted by atomic mass is 19.1.